The first-order valence-electron chi connectivity index (χ1n) is 6.42. The zero-order chi connectivity index (χ0) is 14.9. The van der Waals surface area contributed by atoms with E-state index < -0.39 is 0 Å². The molecule has 2 N–H and O–H groups in total. The van der Waals surface area contributed by atoms with Crippen LogP contribution in [0.15, 0.2) is 15.9 Å². The highest BCUT2D eigenvalue weighted by molar-refractivity contribution is 5.69. The largest absolute Gasteiger partial charge is 0.395 e. The third kappa shape index (κ3) is 2.39. The van der Waals surface area contributed by atoms with Crippen molar-refractivity contribution in [3.8, 4) is 0 Å². The van der Waals surface area contributed by atoms with Crippen molar-refractivity contribution in [1.82, 2.24) is 24.0 Å². The number of aliphatic hydroxyl groups is 1. The molecule has 8 nitrogen and oxygen atoms in total. The van der Waals surface area contributed by atoms with Crippen molar-refractivity contribution >= 4 is 11.2 Å². The van der Waals surface area contributed by atoms with Crippen molar-refractivity contribution in [1.29, 1.82) is 0 Å². The van der Waals surface area contributed by atoms with E-state index in [-0.39, 0.29) is 23.9 Å². The second kappa shape index (κ2) is 5.59. The smallest absolute Gasteiger partial charge is 0.332 e. The predicted octanol–water partition coefficient (Wildman–Crippen LogP) is -1.60. The zero-order valence-electron chi connectivity index (χ0n) is 11.8. The fourth-order valence-electron chi connectivity index (χ4n) is 2.06. The lowest BCUT2D eigenvalue weighted by atomic mass is 10.3. The molecule has 1 unspecified atom stereocenters. The summed E-state index contributed by atoms with van der Waals surface area (Å²) in [6.07, 6.45) is 1.55. The Bertz CT molecular complexity index is 727. The van der Waals surface area contributed by atoms with Crippen molar-refractivity contribution < 1.29 is 5.11 Å². The summed E-state index contributed by atoms with van der Waals surface area (Å²) in [4.78, 5) is 28.1. The Labute approximate surface area is 115 Å². The molecule has 0 radical (unpaired) electrons. The van der Waals surface area contributed by atoms with Crippen LogP contribution < -0.4 is 16.6 Å². The highest BCUT2D eigenvalue weighted by atomic mass is 16.3. The summed E-state index contributed by atoms with van der Waals surface area (Å²) < 4.78 is 4.15. The second-order valence-corrected chi connectivity index (χ2v) is 4.85. The lowest BCUT2D eigenvalue weighted by Gasteiger charge is -2.11. The maximum atomic E-state index is 12.2. The molecule has 0 aliphatic heterocycles. The van der Waals surface area contributed by atoms with Gasteiger partial charge in [-0.2, -0.15) is 0 Å². The van der Waals surface area contributed by atoms with E-state index in [0.29, 0.717) is 24.3 Å². The molecular weight excluding hydrogens is 262 g/mol. The number of rotatable bonds is 5. The monoisotopic (exact) mass is 281 g/mol. The Hall–Kier alpha value is -1.93. The fourth-order valence-corrected chi connectivity index (χ4v) is 2.06. The van der Waals surface area contributed by atoms with Gasteiger partial charge in [-0.1, -0.05) is 0 Å². The van der Waals surface area contributed by atoms with Gasteiger partial charge in [0.25, 0.3) is 5.56 Å². The summed E-state index contributed by atoms with van der Waals surface area (Å²) in [5.41, 5.74) is 0.0527. The number of hydrogen-bond acceptors (Lipinski definition) is 5. The molecule has 0 aromatic carbocycles. The molecular formula is C12H19N5O3. The molecule has 20 heavy (non-hydrogen) atoms. The van der Waals surface area contributed by atoms with Crippen LogP contribution in [0, 0.1) is 0 Å². The molecule has 0 bridgehead atoms. The highest BCUT2D eigenvalue weighted by Crippen LogP contribution is 2.04. The normalized spacial score (nSPS) is 13.0. The molecule has 1 atom stereocenters. The Morgan fingerprint density at radius 3 is 2.70 bits per heavy atom. The minimum absolute atomic E-state index is 0.00280. The van der Waals surface area contributed by atoms with Gasteiger partial charge in [0.05, 0.1) is 12.9 Å². The first-order chi connectivity index (χ1) is 9.47. The summed E-state index contributed by atoms with van der Waals surface area (Å²) in [7, 11) is 3.04. The minimum Gasteiger partial charge on any atom is -0.395 e. The van der Waals surface area contributed by atoms with Crippen molar-refractivity contribution in [2.45, 2.75) is 19.5 Å². The van der Waals surface area contributed by atoms with Crippen LogP contribution in [0.4, 0.5) is 0 Å². The van der Waals surface area contributed by atoms with E-state index in [0.717, 1.165) is 4.57 Å². The number of aromatic nitrogens is 4. The van der Waals surface area contributed by atoms with E-state index in [1.54, 1.807) is 17.9 Å². The molecule has 2 heterocycles. The van der Waals surface area contributed by atoms with Crippen LogP contribution in [0.5, 0.6) is 0 Å². The number of aliphatic hydroxyl groups excluding tert-OH is 1. The van der Waals surface area contributed by atoms with Gasteiger partial charge < -0.3 is 15.0 Å². The molecule has 110 valence electrons. The van der Waals surface area contributed by atoms with Crippen molar-refractivity contribution in [3.63, 3.8) is 0 Å². The molecule has 2 aromatic rings. The van der Waals surface area contributed by atoms with Gasteiger partial charge in [-0.15, -0.1) is 0 Å². The van der Waals surface area contributed by atoms with Crippen LogP contribution in [-0.4, -0.2) is 43.0 Å². The Kier molecular flexibility index (Phi) is 4.05. The van der Waals surface area contributed by atoms with Gasteiger partial charge in [0.2, 0.25) is 0 Å². The first kappa shape index (κ1) is 14.5. The van der Waals surface area contributed by atoms with Crippen molar-refractivity contribution in [2.75, 3.05) is 13.2 Å². The molecule has 0 fully saturated rings. The van der Waals surface area contributed by atoms with Gasteiger partial charge in [0, 0.05) is 33.2 Å². The Morgan fingerprint density at radius 1 is 1.35 bits per heavy atom. The van der Waals surface area contributed by atoms with Crippen molar-refractivity contribution in [2.24, 2.45) is 14.1 Å². The number of nitrogens with one attached hydrogen (secondary N) is 1. The summed E-state index contributed by atoms with van der Waals surface area (Å²) in [5, 5.41) is 12.1. The lowest BCUT2D eigenvalue weighted by Crippen LogP contribution is -2.38. The summed E-state index contributed by atoms with van der Waals surface area (Å²) >= 11 is 0. The Balaban J connectivity index is 2.37. The van der Waals surface area contributed by atoms with Gasteiger partial charge in [0.1, 0.15) is 0 Å². The zero-order valence-corrected chi connectivity index (χ0v) is 11.8. The number of nitrogens with zero attached hydrogens (tertiary/aromatic N) is 4. The van der Waals surface area contributed by atoms with E-state index in [4.69, 9.17) is 5.11 Å². The molecule has 0 amide bonds. The van der Waals surface area contributed by atoms with Crippen LogP contribution in [0.1, 0.15) is 6.92 Å². The summed E-state index contributed by atoms with van der Waals surface area (Å²) in [6.45, 7) is 3.06. The van der Waals surface area contributed by atoms with Gasteiger partial charge in [0.15, 0.2) is 11.2 Å². The third-order valence-electron chi connectivity index (χ3n) is 3.34. The van der Waals surface area contributed by atoms with Crippen LogP contribution in [0.25, 0.3) is 11.2 Å². The number of hydrogen-bond donors (Lipinski definition) is 2. The van der Waals surface area contributed by atoms with Crippen LogP contribution in [0.3, 0.4) is 0 Å². The maximum absolute atomic E-state index is 12.2. The van der Waals surface area contributed by atoms with E-state index in [9.17, 15) is 9.59 Å². The molecule has 8 heteroatoms. The Morgan fingerprint density at radius 2 is 2.05 bits per heavy atom. The molecule has 0 spiro atoms. The standard InChI is InChI=1S/C12H19N5O3/c1-8(6-18)13-4-5-17-7-14-10-9(17)11(19)16(3)12(20)15(10)2/h7-8,13,18H,4-6H2,1-3H3. The van der Waals surface area contributed by atoms with Gasteiger partial charge in [-0.25, -0.2) is 9.78 Å². The lowest BCUT2D eigenvalue weighted by molar-refractivity contribution is 0.251. The molecule has 0 saturated heterocycles. The fraction of sp³-hybridized carbons (Fsp3) is 0.583. The topological polar surface area (TPSA) is 94.1 Å². The molecule has 0 saturated carbocycles. The average molecular weight is 281 g/mol. The maximum Gasteiger partial charge on any atom is 0.332 e. The molecule has 0 aliphatic rings. The van der Waals surface area contributed by atoms with Crippen molar-refractivity contribution in [3.05, 3.63) is 27.2 Å². The van der Waals surface area contributed by atoms with Crippen LogP contribution in [0.2, 0.25) is 0 Å². The molecule has 0 aliphatic carbocycles. The second-order valence-electron chi connectivity index (χ2n) is 4.85. The third-order valence-corrected chi connectivity index (χ3v) is 3.34. The van der Waals surface area contributed by atoms with E-state index in [1.807, 2.05) is 6.92 Å². The summed E-state index contributed by atoms with van der Waals surface area (Å²) in [5.74, 6) is 0. The van der Waals surface area contributed by atoms with E-state index in [2.05, 4.69) is 10.3 Å². The highest BCUT2D eigenvalue weighted by Gasteiger charge is 2.13. The van der Waals surface area contributed by atoms with Crippen LogP contribution >= 0.6 is 0 Å². The van der Waals surface area contributed by atoms with Crippen LogP contribution in [-0.2, 0) is 20.6 Å². The van der Waals surface area contributed by atoms with Gasteiger partial charge >= 0.3 is 5.69 Å². The first-order valence-corrected chi connectivity index (χ1v) is 6.42. The molecule has 2 aromatic heterocycles. The number of fused-ring (bicyclic) bond motifs is 1. The van der Waals surface area contributed by atoms with E-state index >= 15 is 0 Å². The minimum atomic E-state index is -0.389. The molecule has 2 rings (SSSR count). The average Bonchev–Trinajstić information content (AvgIpc) is 2.86. The quantitative estimate of drug-likeness (QED) is 0.689. The van der Waals surface area contributed by atoms with Gasteiger partial charge in [-0.3, -0.25) is 13.9 Å². The summed E-state index contributed by atoms with van der Waals surface area (Å²) in [6, 6.07) is -0.00280. The van der Waals surface area contributed by atoms with E-state index in [1.165, 1.54) is 11.6 Å². The van der Waals surface area contributed by atoms with Gasteiger partial charge in [-0.05, 0) is 6.92 Å². The SMILES string of the molecule is CC(CO)NCCn1cnc2c1c(=O)n(C)c(=O)n2C. The number of aryl methyl sites for hydroxylation is 1. The number of imidazole rings is 1. The predicted molar refractivity (Wildman–Crippen MR) is 74.8 cm³/mol.